The number of carbonyl (C=O) groups excluding carboxylic acids is 1. The average molecular weight is 357 g/mol. The molecule has 7 heteroatoms. The normalized spacial score (nSPS) is 14.9. The molecule has 1 heterocycles. The Morgan fingerprint density at radius 3 is 2.54 bits per heavy atom. The van der Waals surface area contributed by atoms with Crippen molar-refractivity contribution in [1.29, 1.82) is 0 Å². The van der Waals surface area contributed by atoms with E-state index in [-0.39, 0.29) is 23.1 Å². The molecule has 3 rings (SSSR count). The Hall–Kier alpha value is -2.96. The highest BCUT2D eigenvalue weighted by Crippen LogP contribution is 2.27. The van der Waals surface area contributed by atoms with Crippen molar-refractivity contribution in [2.24, 2.45) is 0 Å². The van der Waals surface area contributed by atoms with Gasteiger partial charge < -0.3 is 10.2 Å². The number of nitrogens with one attached hydrogen (secondary N) is 1. The lowest BCUT2D eigenvalue weighted by Gasteiger charge is -2.35. The van der Waals surface area contributed by atoms with E-state index >= 15 is 0 Å². The molecule has 136 valence electrons. The van der Waals surface area contributed by atoms with Crippen LogP contribution >= 0.6 is 0 Å². The van der Waals surface area contributed by atoms with E-state index in [1.54, 1.807) is 12.1 Å². The molecule has 1 aliphatic heterocycles. The second-order valence-corrected chi connectivity index (χ2v) is 6.41. The van der Waals surface area contributed by atoms with Gasteiger partial charge in [0.15, 0.2) is 0 Å². The third-order valence-corrected chi connectivity index (χ3v) is 4.68. The monoisotopic (exact) mass is 357 g/mol. The van der Waals surface area contributed by atoms with Crippen LogP contribution < -0.4 is 10.2 Å². The molecular formula is C19H20FN3O3. The summed E-state index contributed by atoms with van der Waals surface area (Å²) in [4.78, 5) is 24.9. The molecule has 0 saturated carbocycles. The van der Waals surface area contributed by atoms with Crippen LogP contribution in [0, 0.1) is 22.9 Å². The van der Waals surface area contributed by atoms with E-state index in [4.69, 9.17) is 0 Å². The number of carbonyl (C=O) groups is 1. The van der Waals surface area contributed by atoms with Gasteiger partial charge in [0, 0.05) is 25.2 Å². The predicted molar refractivity (Wildman–Crippen MR) is 96.9 cm³/mol. The fourth-order valence-corrected chi connectivity index (χ4v) is 3.36. The highest BCUT2D eigenvalue weighted by atomic mass is 19.1. The first-order chi connectivity index (χ1) is 12.5. The van der Waals surface area contributed by atoms with Crippen LogP contribution in [0.25, 0.3) is 0 Å². The van der Waals surface area contributed by atoms with Gasteiger partial charge in [-0.2, -0.15) is 0 Å². The van der Waals surface area contributed by atoms with Gasteiger partial charge in [-0.25, -0.2) is 4.39 Å². The SMILES string of the molecule is Cc1cccc(F)c1N1CCC(NC(=O)c2ccccc2[N+](=O)[O-])CC1. The van der Waals surface area contributed by atoms with Crippen LogP contribution in [0.2, 0.25) is 0 Å². The molecule has 1 fully saturated rings. The zero-order valence-electron chi connectivity index (χ0n) is 14.4. The maximum Gasteiger partial charge on any atom is 0.282 e. The molecule has 0 unspecified atom stereocenters. The zero-order valence-corrected chi connectivity index (χ0v) is 14.4. The highest BCUT2D eigenvalue weighted by Gasteiger charge is 2.26. The summed E-state index contributed by atoms with van der Waals surface area (Å²) in [6, 6.07) is 10.8. The number of hydrogen-bond donors (Lipinski definition) is 1. The van der Waals surface area contributed by atoms with Gasteiger partial charge in [-0.15, -0.1) is 0 Å². The molecule has 1 aliphatic rings. The lowest BCUT2D eigenvalue weighted by Crippen LogP contribution is -2.45. The maximum absolute atomic E-state index is 14.1. The lowest BCUT2D eigenvalue weighted by atomic mass is 10.0. The smallest absolute Gasteiger partial charge is 0.282 e. The third kappa shape index (κ3) is 3.66. The van der Waals surface area contributed by atoms with E-state index in [1.165, 1.54) is 24.3 Å². The van der Waals surface area contributed by atoms with E-state index in [0.29, 0.717) is 31.6 Å². The number of para-hydroxylation sites is 2. The Bertz CT molecular complexity index is 812. The summed E-state index contributed by atoms with van der Waals surface area (Å²) >= 11 is 0. The first-order valence-electron chi connectivity index (χ1n) is 8.51. The molecule has 1 N–H and O–H groups in total. The molecule has 1 amide bonds. The molecular weight excluding hydrogens is 337 g/mol. The molecule has 0 radical (unpaired) electrons. The molecule has 0 atom stereocenters. The highest BCUT2D eigenvalue weighted by molar-refractivity contribution is 5.98. The van der Waals surface area contributed by atoms with Crippen LogP contribution in [0.5, 0.6) is 0 Å². The third-order valence-electron chi connectivity index (χ3n) is 4.68. The summed E-state index contributed by atoms with van der Waals surface area (Å²) in [6.07, 6.45) is 1.31. The van der Waals surface area contributed by atoms with Crippen molar-refractivity contribution in [3.63, 3.8) is 0 Å². The van der Waals surface area contributed by atoms with Gasteiger partial charge in [-0.3, -0.25) is 14.9 Å². The first-order valence-corrected chi connectivity index (χ1v) is 8.51. The Labute approximate surface area is 150 Å². The number of anilines is 1. The van der Waals surface area contributed by atoms with Crippen LogP contribution in [-0.2, 0) is 0 Å². The second kappa shape index (κ2) is 7.51. The van der Waals surface area contributed by atoms with E-state index in [9.17, 15) is 19.3 Å². The number of nitro groups is 1. The molecule has 0 aromatic heterocycles. The standard InChI is InChI=1S/C19H20FN3O3/c1-13-5-4-7-16(20)18(13)22-11-9-14(10-12-22)21-19(24)15-6-2-3-8-17(15)23(25)26/h2-8,14H,9-12H2,1H3,(H,21,24). The minimum Gasteiger partial charge on any atom is -0.369 e. The van der Waals surface area contributed by atoms with Gasteiger partial charge in [-0.05, 0) is 37.5 Å². The summed E-state index contributed by atoms with van der Waals surface area (Å²) in [5, 5.41) is 13.9. The van der Waals surface area contributed by atoms with Crippen molar-refractivity contribution in [2.75, 3.05) is 18.0 Å². The number of benzene rings is 2. The molecule has 1 saturated heterocycles. The number of rotatable bonds is 4. The van der Waals surface area contributed by atoms with E-state index in [2.05, 4.69) is 5.32 Å². The van der Waals surface area contributed by atoms with Crippen LogP contribution in [0.1, 0.15) is 28.8 Å². The minimum atomic E-state index is -0.557. The van der Waals surface area contributed by atoms with Crippen molar-refractivity contribution in [2.45, 2.75) is 25.8 Å². The molecule has 0 bridgehead atoms. The molecule has 0 aliphatic carbocycles. The summed E-state index contributed by atoms with van der Waals surface area (Å²) in [5.41, 5.74) is 1.35. The van der Waals surface area contributed by atoms with Gasteiger partial charge in [0.2, 0.25) is 0 Å². The fourth-order valence-electron chi connectivity index (χ4n) is 3.36. The van der Waals surface area contributed by atoms with Crippen LogP contribution in [-0.4, -0.2) is 30.0 Å². The molecule has 26 heavy (non-hydrogen) atoms. The topological polar surface area (TPSA) is 75.5 Å². The largest absolute Gasteiger partial charge is 0.369 e. The van der Waals surface area contributed by atoms with E-state index in [1.807, 2.05) is 17.9 Å². The zero-order chi connectivity index (χ0) is 18.7. The average Bonchev–Trinajstić information content (AvgIpc) is 2.63. The van der Waals surface area contributed by atoms with Crippen molar-refractivity contribution >= 4 is 17.3 Å². The Balaban J connectivity index is 1.64. The number of hydrogen-bond acceptors (Lipinski definition) is 4. The van der Waals surface area contributed by atoms with Crippen LogP contribution in [0.4, 0.5) is 15.8 Å². The first kappa shape index (κ1) is 17.8. The predicted octanol–water partition coefficient (Wildman–Crippen LogP) is 3.44. The fraction of sp³-hybridized carbons (Fsp3) is 0.316. The molecule has 2 aromatic carbocycles. The van der Waals surface area contributed by atoms with Crippen molar-refractivity contribution in [3.05, 3.63) is 69.5 Å². The number of nitrogens with zero attached hydrogens (tertiary/aromatic N) is 2. The second-order valence-electron chi connectivity index (χ2n) is 6.41. The Morgan fingerprint density at radius 1 is 1.19 bits per heavy atom. The lowest BCUT2D eigenvalue weighted by molar-refractivity contribution is -0.385. The van der Waals surface area contributed by atoms with Gasteiger partial charge in [0.25, 0.3) is 11.6 Å². The molecule has 0 spiro atoms. The van der Waals surface area contributed by atoms with Gasteiger partial charge in [0.05, 0.1) is 10.6 Å². The number of nitro benzene ring substituents is 1. The van der Waals surface area contributed by atoms with E-state index < -0.39 is 10.8 Å². The Kier molecular flexibility index (Phi) is 5.16. The van der Waals surface area contributed by atoms with Gasteiger partial charge >= 0.3 is 0 Å². The van der Waals surface area contributed by atoms with E-state index in [0.717, 1.165) is 5.56 Å². The van der Waals surface area contributed by atoms with Crippen LogP contribution in [0.3, 0.4) is 0 Å². The van der Waals surface area contributed by atoms with Crippen LogP contribution in [0.15, 0.2) is 42.5 Å². The van der Waals surface area contributed by atoms with Gasteiger partial charge in [-0.1, -0.05) is 24.3 Å². The Morgan fingerprint density at radius 2 is 1.88 bits per heavy atom. The van der Waals surface area contributed by atoms with Crippen molar-refractivity contribution < 1.29 is 14.1 Å². The molecule has 6 nitrogen and oxygen atoms in total. The number of halogens is 1. The minimum absolute atomic E-state index is 0.0601. The van der Waals surface area contributed by atoms with Crippen molar-refractivity contribution in [1.82, 2.24) is 5.32 Å². The number of amides is 1. The summed E-state index contributed by atoms with van der Waals surface area (Å²) in [5.74, 6) is -0.690. The van der Waals surface area contributed by atoms with Crippen molar-refractivity contribution in [3.8, 4) is 0 Å². The summed E-state index contributed by atoms with van der Waals surface area (Å²) < 4.78 is 14.1. The summed E-state index contributed by atoms with van der Waals surface area (Å²) in [7, 11) is 0. The number of aryl methyl sites for hydroxylation is 1. The number of piperidine rings is 1. The summed E-state index contributed by atoms with van der Waals surface area (Å²) in [6.45, 7) is 3.11. The maximum atomic E-state index is 14.1. The molecule has 2 aromatic rings. The van der Waals surface area contributed by atoms with Gasteiger partial charge in [0.1, 0.15) is 11.4 Å². The quantitative estimate of drug-likeness (QED) is 0.672.